The van der Waals surface area contributed by atoms with Crippen LogP contribution in [0.3, 0.4) is 0 Å². The van der Waals surface area contributed by atoms with Gasteiger partial charge in [-0.2, -0.15) is 0 Å². The predicted octanol–water partition coefficient (Wildman–Crippen LogP) is 2.50. The lowest BCUT2D eigenvalue weighted by atomic mass is 9.93. The second kappa shape index (κ2) is 8.11. The molecule has 2 rings (SSSR count). The van der Waals surface area contributed by atoms with E-state index >= 15 is 0 Å². The highest BCUT2D eigenvalue weighted by molar-refractivity contribution is 14.1. The summed E-state index contributed by atoms with van der Waals surface area (Å²) in [5, 5.41) is 3.19. The third kappa shape index (κ3) is 4.65. The van der Waals surface area contributed by atoms with Crippen molar-refractivity contribution in [1.82, 2.24) is 15.2 Å². The fourth-order valence-corrected chi connectivity index (χ4v) is 2.90. The van der Waals surface area contributed by atoms with Crippen molar-refractivity contribution < 1.29 is 4.79 Å². The van der Waals surface area contributed by atoms with Crippen molar-refractivity contribution in [2.45, 2.75) is 19.3 Å². The third-order valence-electron chi connectivity index (χ3n) is 3.58. The van der Waals surface area contributed by atoms with Gasteiger partial charge in [-0.3, -0.25) is 4.79 Å². The summed E-state index contributed by atoms with van der Waals surface area (Å²) in [5.74, 6) is 0.912. The Hall–Kier alpha value is -0.270. The molecule has 0 saturated carbocycles. The number of likely N-dealkylation sites (tertiary alicyclic amines) is 1. The molecule has 0 aromatic carbocycles. The van der Waals surface area contributed by atoms with Crippen LogP contribution >= 0.6 is 35.0 Å². The number of nitrogens with zero attached hydrogens (tertiary/aromatic N) is 1. The standard InChI is InChI=1S/C13H20IN3O.ClH/c1-15-5-2-10-3-6-17(7-4-10)13(18)12-8-11(14)9-16-12;/h8-10,15-16H,2-7H2,1H3;1H. The van der Waals surface area contributed by atoms with E-state index in [0.717, 1.165) is 42.0 Å². The monoisotopic (exact) mass is 397 g/mol. The number of carbonyl (C=O) groups is 1. The number of piperidine rings is 1. The highest BCUT2D eigenvalue weighted by Crippen LogP contribution is 2.21. The third-order valence-corrected chi connectivity index (χ3v) is 4.21. The lowest BCUT2D eigenvalue weighted by Gasteiger charge is -2.31. The molecule has 1 fully saturated rings. The molecule has 1 amide bonds. The minimum Gasteiger partial charge on any atom is -0.356 e. The number of carbonyl (C=O) groups excluding carboxylic acids is 1. The number of H-pyrrole nitrogens is 1. The quantitative estimate of drug-likeness (QED) is 0.767. The molecule has 0 unspecified atom stereocenters. The average Bonchev–Trinajstić information content (AvgIpc) is 2.83. The van der Waals surface area contributed by atoms with E-state index in [4.69, 9.17) is 0 Å². The topological polar surface area (TPSA) is 48.1 Å². The Kier molecular flexibility index (Phi) is 7.17. The maximum absolute atomic E-state index is 12.2. The zero-order valence-electron chi connectivity index (χ0n) is 11.1. The van der Waals surface area contributed by atoms with Crippen molar-refractivity contribution in [2.24, 2.45) is 5.92 Å². The summed E-state index contributed by atoms with van der Waals surface area (Å²) in [5.41, 5.74) is 0.716. The van der Waals surface area contributed by atoms with Gasteiger partial charge < -0.3 is 15.2 Å². The van der Waals surface area contributed by atoms with Crippen molar-refractivity contribution in [1.29, 1.82) is 0 Å². The Balaban J connectivity index is 0.00000180. The van der Waals surface area contributed by atoms with Gasteiger partial charge in [0.15, 0.2) is 0 Å². The number of hydrogen-bond acceptors (Lipinski definition) is 2. The first-order chi connectivity index (χ1) is 8.70. The average molecular weight is 398 g/mol. The molecule has 108 valence electrons. The molecule has 4 nitrogen and oxygen atoms in total. The van der Waals surface area contributed by atoms with Crippen molar-refractivity contribution in [3.05, 3.63) is 21.5 Å². The van der Waals surface area contributed by atoms with E-state index in [2.05, 4.69) is 32.9 Å². The van der Waals surface area contributed by atoms with Crippen molar-refractivity contribution in [3.8, 4) is 0 Å². The van der Waals surface area contributed by atoms with Gasteiger partial charge in [-0.1, -0.05) is 0 Å². The summed E-state index contributed by atoms with van der Waals surface area (Å²) in [6.45, 7) is 2.86. The highest BCUT2D eigenvalue weighted by atomic mass is 127. The number of rotatable bonds is 4. The van der Waals surface area contributed by atoms with E-state index in [1.54, 1.807) is 0 Å². The molecule has 1 saturated heterocycles. The van der Waals surface area contributed by atoms with Gasteiger partial charge in [0, 0.05) is 22.9 Å². The molecular weight excluding hydrogens is 377 g/mol. The molecule has 0 radical (unpaired) electrons. The van der Waals surface area contributed by atoms with Gasteiger partial charge >= 0.3 is 0 Å². The van der Waals surface area contributed by atoms with E-state index in [1.807, 2.05) is 24.2 Å². The predicted molar refractivity (Wildman–Crippen MR) is 87.9 cm³/mol. The molecule has 2 heterocycles. The second-order valence-electron chi connectivity index (χ2n) is 4.86. The van der Waals surface area contributed by atoms with E-state index < -0.39 is 0 Å². The fraction of sp³-hybridized carbons (Fsp3) is 0.615. The van der Waals surface area contributed by atoms with Gasteiger partial charge in [-0.15, -0.1) is 12.4 Å². The number of amides is 1. The van der Waals surface area contributed by atoms with Crippen LogP contribution < -0.4 is 5.32 Å². The van der Waals surface area contributed by atoms with Crippen LogP contribution in [0.15, 0.2) is 12.3 Å². The second-order valence-corrected chi connectivity index (χ2v) is 6.11. The molecule has 0 aliphatic carbocycles. The minimum absolute atomic E-state index is 0. The lowest BCUT2D eigenvalue weighted by molar-refractivity contribution is 0.0682. The molecule has 1 aliphatic heterocycles. The SMILES string of the molecule is CNCCC1CCN(C(=O)c2cc(I)c[nH]2)CC1.Cl. The Morgan fingerprint density at radius 1 is 1.53 bits per heavy atom. The molecule has 0 spiro atoms. The maximum atomic E-state index is 12.2. The smallest absolute Gasteiger partial charge is 0.270 e. The van der Waals surface area contributed by atoms with Crippen molar-refractivity contribution >= 4 is 40.9 Å². The van der Waals surface area contributed by atoms with Crippen molar-refractivity contribution in [3.63, 3.8) is 0 Å². The van der Waals surface area contributed by atoms with Crippen LogP contribution in [0, 0.1) is 9.49 Å². The maximum Gasteiger partial charge on any atom is 0.270 e. The number of nitrogens with one attached hydrogen (secondary N) is 2. The van der Waals surface area contributed by atoms with Crippen LogP contribution in [0.4, 0.5) is 0 Å². The first kappa shape index (κ1) is 16.8. The van der Waals surface area contributed by atoms with E-state index in [1.165, 1.54) is 6.42 Å². The minimum atomic E-state index is 0. The largest absolute Gasteiger partial charge is 0.356 e. The number of hydrogen-bond donors (Lipinski definition) is 2. The zero-order valence-corrected chi connectivity index (χ0v) is 14.1. The first-order valence-corrected chi connectivity index (χ1v) is 7.56. The van der Waals surface area contributed by atoms with E-state index in [0.29, 0.717) is 5.69 Å². The van der Waals surface area contributed by atoms with Gasteiger partial charge in [-0.05, 0) is 67.4 Å². The lowest BCUT2D eigenvalue weighted by Crippen LogP contribution is -2.39. The first-order valence-electron chi connectivity index (χ1n) is 6.48. The molecule has 1 aliphatic rings. The van der Waals surface area contributed by atoms with Gasteiger partial charge in [0.1, 0.15) is 5.69 Å². The number of aromatic nitrogens is 1. The molecule has 19 heavy (non-hydrogen) atoms. The summed E-state index contributed by atoms with van der Waals surface area (Å²) in [6.07, 6.45) is 5.35. The highest BCUT2D eigenvalue weighted by Gasteiger charge is 2.23. The Morgan fingerprint density at radius 3 is 2.74 bits per heavy atom. The Morgan fingerprint density at radius 2 is 2.21 bits per heavy atom. The van der Waals surface area contributed by atoms with Gasteiger partial charge in [0.25, 0.3) is 5.91 Å². The molecule has 6 heteroatoms. The summed E-state index contributed by atoms with van der Waals surface area (Å²) in [6, 6.07) is 1.91. The normalized spacial score (nSPS) is 16.2. The fourth-order valence-electron chi connectivity index (χ4n) is 2.43. The van der Waals surface area contributed by atoms with Crippen LogP contribution in [-0.2, 0) is 0 Å². The van der Waals surface area contributed by atoms with Crippen LogP contribution in [0.25, 0.3) is 0 Å². The zero-order chi connectivity index (χ0) is 13.0. The van der Waals surface area contributed by atoms with Gasteiger partial charge in [0.2, 0.25) is 0 Å². The van der Waals surface area contributed by atoms with Crippen molar-refractivity contribution in [2.75, 3.05) is 26.7 Å². The molecule has 0 atom stereocenters. The van der Waals surface area contributed by atoms with Crippen LogP contribution in [0.1, 0.15) is 29.8 Å². The summed E-state index contributed by atoms with van der Waals surface area (Å²) in [7, 11) is 1.99. The summed E-state index contributed by atoms with van der Waals surface area (Å²) in [4.78, 5) is 17.2. The molecular formula is C13H21ClIN3O. The number of halogens is 2. The molecule has 0 bridgehead atoms. The number of aromatic amines is 1. The summed E-state index contributed by atoms with van der Waals surface area (Å²) < 4.78 is 1.08. The van der Waals surface area contributed by atoms with Gasteiger partial charge in [-0.25, -0.2) is 0 Å². The van der Waals surface area contributed by atoms with Crippen LogP contribution in [0.5, 0.6) is 0 Å². The molecule has 2 N–H and O–H groups in total. The Labute approximate surface area is 134 Å². The van der Waals surface area contributed by atoms with Crippen LogP contribution in [-0.4, -0.2) is 42.5 Å². The Bertz CT molecular complexity index is 402. The summed E-state index contributed by atoms with van der Waals surface area (Å²) >= 11 is 2.21. The molecule has 1 aromatic heterocycles. The van der Waals surface area contributed by atoms with Gasteiger partial charge in [0.05, 0.1) is 0 Å². The van der Waals surface area contributed by atoms with E-state index in [9.17, 15) is 4.79 Å². The van der Waals surface area contributed by atoms with Crippen LogP contribution in [0.2, 0.25) is 0 Å². The molecule has 1 aromatic rings. The van der Waals surface area contributed by atoms with E-state index in [-0.39, 0.29) is 18.3 Å².